The van der Waals surface area contributed by atoms with E-state index in [4.69, 9.17) is 23.1 Å². The zero-order valence-electron chi connectivity index (χ0n) is 14.7. The lowest BCUT2D eigenvalue weighted by Crippen LogP contribution is -2.34. The Morgan fingerprint density at radius 1 is 1.19 bits per heavy atom. The molecule has 1 aliphatic carbocycles. The van der Waals surface area contributed by atoms with Gasteiger partial charge in [-0.25, -0.2) is 0 Å². The predicted octanol–water partition coefficient (Wildman–Crippen LogP) is 3.90. The maximum Gasteiger partial charge on any atom is 0.417 e. The number of halogens is 4. The van der Waals surface area contributed by atoms with E-state index in [9.17, 15) is 18.0 Å². The van der Waals surface area contributed by atoms with Crippen molar-refractivity contribution in [3.63, 3.8) is 0 Å². The van der Waals surface area contributed by atoms with Crippen molar-refractivity contribution in [3.8, 4) is 0 Å². The molecule has 4 N–H and O–H groups in total. The van der Waals surface area contributed by atoms with Crippen LogP contribution < -0.4 is 11.5 Å². The summed E-state index contributed by atoms with van der Waals surface area (Å²) in [5.41, 5.74) is 13.7. The average molecular weight is 400 g/mol. The molecule has 3 rings (SSSR count). The van der Waals surface area contributed by atoms with Crippen LogP contribution in [0.4, 0.5) is 13.2 Å². The second-order valence-corrected chi connectivity index (χ2v) is 7.36. The first kappa shape index (κ1) is 19.6. The molecule has 2 aliphatic rings. The van der Waals surface area contributed by atoms with Gasteiger partial charge in [-0.3, -0.25) is 4.79 Å². The zero-order chi connectivity index (χ0) is 19.8. The van der Waals surface area contributed by atoms with Crippen LogP contribution in [0.2, 0.25) is 5.02 Å². The van der Waals surface area contributed by atoms with Gasteiger partial charge in [0.05, 0.1) is 10.6 Å². The molecule has 1 aromatic rings. The lowest BCUT2D eigenvalue weighted by atomic mass is 9.92. The van der Waals surface area contributed by atoms with Gasteiger partial charge in [-0.15, -0.1) is 0 Å². The first-order chi connectivity index (χ1) is 12.7. The summed E-state index contributed by atoms with van der Waals surface area (Å²) in [5, 5.41) is -0.290. The van der Waals surface area contributed by atoms with E-state index >= 15 is 0 Å². The second kappa shape index (κ2) is 7.46. The molecule has 0 bridgehead atoms. The summed E-state index contributed by atoms with van der Waals surface area (Å²) in [6.45, 7) is 1.41. The summed E-state index contributed by atoms with van der Waals surface area (Å²) < 4.78 is 38.9. The molecular formula is C19H21ClF3N3O. The number of nitrogens with zero attached hydrogens (tertiary/aromatic N) is 1. The van der Waals surface area contributed by atoms with Crippen LogP contribution in [0.5, 0.6) is 0 Å². The number of primary amides is 1. The number of allylic oxidation sites excluding steroid dienone is 2. The molecule has 27 heavy (non-hydrogen) atoms. The summed E-state index contributed by atoms with van der Waals surface area (Å²) in [5.74, 6) is -0.481. The Morgan fingerprint density at radius 3 is 2.30 bits per heavy atom. The van der Waals surface area contributed by atoms with Crippen LogP contribution in [0.15, 0.2) is 35.5 Å². The molecular weight excluding hydrogens is 379 g/mol. The van der Waals surface area contributed by atoms with Gasteiger partial charge in [0.25, 0.3) is 0 Å². The Balaban J connectivity index is 1.79. The van der Waals surface area contributed by atoms with E-state index in [0.29, 0.717) is 24.4 Å². The van der Waals surface area contributed by atoms with Crippen molar-refractivity contribution in [2.75, 3.05) is 13.1 Å². The van der Waals surface area contributed by atoms with E-state index in [1.807, 2.05) is 0 Å². The van der Waals surface area contributed by atoms with E-state index < -0.39 is 17.6 Å². The number of carbonyl (C=O) groups is 1. The highest BCUT2D eigenvalue weighted by molar-refractivity contribution is 6.31. The van der Waals surface area contributed by atoms with Crippen molar-refractivity contribution < 1.29 is 18.0 Å². The Morgan fingerprint density at radius 2 is 1.81 bits per heavy atom. The Bertz CT molecular complexity index is 803. The highest BCUT2D eigenvalue weighted by Crippen LogP contribution is 2.42. The fraction of sp³-hybridized carbons (Fsp3) is 0.421. The van der Waals surface area contributed by atoms with Gasteiger partial charge in [0.15, 0.2) is 0 Å². The number of rotatable bonds is 4. The van der Waals surface area contributed by atoms with Gasteiger partial charge < -0.3 is 16.4 Å². The van der Waals surface area contributed by atoms with E-state index in [1.165, 1.54) is 23.8 Å². The van der Waals surface area contributed by atoms with Crippen molar-refractivity contribution in [1.82, 2.24) is 4.90 Å². The number of piperidine rings is 1. The molecule has 1 saturated heterocycles. The molecule has 1 aromatic carbocycles. The van der Waals surface area contributed by atoms with Crippen molar-refractivity contribution >= 4 is 23.2 Å². The smallest absolute Gasteiger partial charge is 0.402 e. The predicted molar refractivity (Wildman–Crippen MR) is 98.4 cm³/mol. The highest BCUT2D eigenvalue weighted by atomic mass is 35.5. The lowest BCUT2D eigenvalue weighted by Gasteiger charge is -2.35. The van der Waals surface area contributed by atoms with Gasteiger partial charge >= 0.3 is 6.18 Å². The fourth-order valence-corrected chi connectivity index (χ4v) is 3.81. The SMILES string of the molecule is NC(=O)C=C(N)C1CCN(C(=C2CC2)c2ccc(C(F)(F)F)c(Cl)c2)CC1. The van der Waals surface area contributed by atoms with Crippen molar-refractivity contribution in [1.29, 1.82) is 0 Å². The standard InChI is InChI=1S/C19H21ClF3N3O/c20-15-9-13(3-4-14(15)19(21,22)23)18(12-1-2-12)26-7-5-11(6-8-26)16(24)10-17(25)27/h3-4,9-11H,1-2,5-8,24H2,(H2,25,27). The Hall–Kier alpha value is -2.15. The topological polar surface area (TPSA) is 72.3 Å². The van der Waals surface area contributed by atoms with Crippen LogP contribution in [0.1, 0.15) is 36.8 Å². The largest absolute Gasteiger partial charge is 0.417 e. The lowest BCUT2D eigenvalue weighted by molar-refractivity contribution is -0.137. The molecule has 1 saturated carbocycles. The molecule has 1 aliphatic heterocycles. The van der Waals surface area contributed by atoms with Crippen LogP contribution in [-0.4, -0.2) is 23.9 Å². The minimum atomic E-state index is -4.47. The zero-order valence-corrected chi connectivity index (χ0v) is 15.4. The van der Waals surface area contributed by atoms with Gasteiger partial charge in [0, 0.05) is 36.5 Å². The van der Waals surface area contributed by atoms with Crippen molar-refractivity contribution in [3.05, 3.63) is 51.7 Å². The summed E-state index contributed by atoms with van der Waals surface area (Å²) in [4.78, 5) is 13.2. The molecule has 0 atom stereocenters. The summed E-state index contributed by atoms with van der Waals surface area (Å²) in [6, 6.07) is 3.93. The molecule has 4 nitrogen and oxygen atoms in total. The summed E-state index contributed by atoms with van der Waals surface area (Å²) in [7, 11) is 0. The minimum absolute atomic E-state index is 0.0791. The number of alkyl halides is 3. The van der Waals surface area contributed by atoms with Gasteiger partial charge in [0.2, 0.25) is 5.91 Å². The number of likely N-dealkylation sites (tertiary alicyclic amines) is 1. The molecule has 0 spiro atoms. The fourth-order valence-electron chi connectivity index (χ4n) is 3.52. The molecule has 0 aromatic heterocycles. The first-order valence-electron chi connectivity index (χ1n) is 8.77. The Labute approximate surface area is 160 Å². The van der Waals surface area contributed by atoms with Crippen molar-refractivity contribution in [2.45, 2.75) is 31.9 Å². The van der Waals surface area contributed by atoms with Gasteiger partial charge in [-0.05, 0) is 49.0 Å². The second-order valence-electron chi connectivity index (χ2n) is 6.95. The third kappa shape index (κ3) is 4.58. The van der Waals surface area contributed by atoms with Crippen LogP contribution in [-0.2, 0) is 11.0 Å². The molecule has 146 valence electrons. The van der Waals surface area contributed by atoms with Crippen LogP contribution in [0, 0.1) is 5.92 Å². The van der Waals surface area contributed by atoms with Gasteiger partial charge in [-0.2, -0.15) is 13.2 Å². The Kier molecular flexibility index (Phi) is 5.42. The summed E-state index contributed by atoms with van der Waals surface area (Å²) >= 11 is 5.91. The quantitative estimate of drug-likeness (QED) is 0.754. The monoisotopic (exact) mass is 399 g/mol. The third-order valence-corrected chi connectivity index (χ3v) is 5.29. The number of nitrogens with two attached hydrogens (primary N) is 2. The maximum absolute atomic E-state index is 13.0. The van der Waals surface area contributed by atoms with E-state index in [-0.39, 0.29) is 10.9 Å². The van der Waals surface area contributed by atoms with E-state index in [2.05, 4.69) is 4.90 Å². The van der Waals surface area contributed by atoms with Crippen LogP contribution in [0.3, 0.4) is 0 Å². The van der Waals surface area contributed by atoms with Gasteiger partial charge in [0.1, 0.15) is 0 Å². The molecule has 8 heteroatoms. The molecule has 0 radical (unpaired) electrons. The minimum Gasteiger partial charge on any atom is -0.402 e. The first-order valence-corrected chi connectivity index (χ1v) is 9.15. The number of carbonyl (C=O) groups excluding carboxylic acids is 1. The van der Waals surface area contributed by atoms with Gasteiger partial charge in [-0.1, -0.05) is 17.7 Å². The van der Waals surface area contributed by atoms with Crippen molar-refractivity contribution in [2.24, 2.45) is 17.4 Å². The van der Waals surface area contributed by atoms with E-state index in [0.717, 1.165) is 37.4 Å². The third-order valence-electron chi connectivity index (χ3n) is 4.97. The molecule has 0 unspecified atom stereocenters. The number of hydrogen-bond donors (Lipinski definition) is 2. The van der Waals surface area contributed by atoms with Crippen LogP contribution >= 0.6 is 11.6 Å². The number of hydrogen-bond acceptors (Lipinski definition) is 3. The molecule has 1 heterocycles. The average Bonchev–Trinajstić information content (AvgIpc) is 3.39. The maximum atomic E-state index is 13.0. The highest BCUT2D eigenvalue weighted by Gasteiger charge is 2.34. The van der Waals surface area contributed by atoms with E-state index in [1.54, 1.807) is 0 Å². The molecule has 1 amide bonds. The normalized spacial score (nSPS) is 18.6. The number of amides is 1. The van der Waals surface area contributed by atoms with Crippen LogP contribution in [0.25, 0.3) is 5.70 Å². The molecule has 2 fully saturated rings. The number of benzene rings is 1. The summed E-state index contributed by atoms with van der Waals surface area (Å²) in [6.07, 6.45) is 0.179.